The number of ketones is 2. The molecule has 0 spiro atoms. The van der Waals surface area contributed by atoms with Crippen LogP contribution < -0.4 is 0 Å². The van der Waals surface area contributed by atoms with Crippen LogP contribution in [0.3, 0.4) is 0 Å². The molecule has 3 aliphatic rings. The Morgan fingerprint density at radius 3 is 2.34 bits per heavy atom. The Hall–Kier alpha value is -1.45. The highest BCUT2D eigenvalue weighted by Crippen LogP contribution is 2.67. The number of carbonyl (C=O) groups is 2. The van der Waals surface area contributed by atoms with Crippen molar-refractivity contribution in [2.24, 2.45) is 28.6 Å². The molecule has 3 unspecified atom stereocenters. The largest absolute Gasteiger partial charge is 0.390 e. The fraction of sp³-hybridized carbons (Fsp3) is 0.778. The van der Waals surface area contributed by atoms with E-state index in [0.717, 1.165) is 13.1 Å². The van der Waals surface area contributed by atoms with Crippen molar-refractivity contribution in [2.45, 2.75) is 78.0 Å². The van der Waals surface area contributed by atoms with Crippen molar-refractivity contribution in [3.8, 4) is 0 Å². The van der Waals surface area contributed by atoms with Crippen molar-refractivity contribution in [1.82, 2.24) is 4.90 Å². The molecule has 0 saturated heterocycles. The zero-order chi connectivity index (χ0) is 26.4. The van der Waals surface area contributed by atoms with Crippen LogP contribution in [0.1, 0.15) is 54.4 Å². The number of nitrogens with zero attached hydrogens (tertiary/aromatic N) is 1. The first-order valence-electron chi connectivity index (χ1n) is 12.8. The highest BCUT2D eigenvalue weighted by Gasteiger charge is 2.73. The topological polar surface area (TPSA) is 107 Å². The van der Waals surface area contributed by atoms with E-state index in [1.54, 1.807) is 27.7 Å². The Morgan fingerprint density at radius 1 is 1.23 bits per heavy atom. The van der Waals surface area contributed by atoms with Gasteiger partial charge in [-0.2, -0.15) is 0 Å². The molecule has 2 saturated carbocycles. The van der Waals surface area contributed by atoms with Crippen molar-refractivity contribution in [1.29, 1.82) is 0 Å². The van der Waals surface area contributed by atoms with Crippen LogP contribution in [-0.4, -0.2) is 81.7 Å². The monoisotopic (exact) mass is 495 g/mol. The maximum Gasteiger partial charge on any atom is 0.190 e. The summed E-state index contributed by atoms with van der Waals surface area (Å²) in [6, 6.07) is 0. The van der Waals surface area contributed by atoms with Crippen LogP contribution in [0.5, 0.6) is 0 Å². The van der Waals surface area contributed by atoms with Gasteiger partial charge in [-0.15, -0.1) is 0 Å². The van der Waals surface area contributed by atoms with Gasteiger partial charge < -0.3 is 20.1 Å². The van der Waals surface area contributed by atoms with Gasteiger partial charge in [0.05, 0.1) is 6.10 Å². The number of carbonyl (C=O) groups excluding carboxylic acids is 2. The summed E-state index contributed by atoms with van der Waals surface area (Å²) in [5.41, 5.74) is -6.21. The first kappa shape index (κ1) is 28.1. The van der Waals surface area contributed by atoms with Gasteiger partial charge in [0.15, 0.2) is 23.5 Å². The minimum absolute atomic E-state index is 0.113. The number of ether oxygens (including phenoxy) is 1. The molecule has 8 heteroatoms. The van der Waals surface area contributed by atoms with Crippen LogP contribution in [-0.2, 0) is 14.3 Å². The van der Waals surface area contributed by atoms with Crippen LogP contribution in [0.2, 0.25) is 0 Å². The Labute approximate surface area is 208 Å². The smallest absolute Gasteiger partial charge is 0.190 e. The fourth-order valence-corrected chi connectivity index (χ4v) is 7.22. The molecule has 198 valence electrons. The molecule has 0 bridgehead atoms. The molecule has 0 heterocycles. The van der Waals surface area contributed by atoms with Gasteiger partial charge in [-0.25, -0.2) is 4.39 Å². The number of Topliss-reactive ketones (excluding diaryl/α,β-unsaturated/α-hetero) is 1. The Kier molecular flexibility index (Phi) is 7.86. The molecule has 8 atom stereocenters. The number of likely N-dealkylation sites (N-methyl/N-ethyl adjacent to an activating group) is 1. The number of alkyl halides is 1. The third kappa shape index (κ3) is 4.25. The van der Waals surface area contributed by atoms with Crippen LogP contribution in [0.15, 0.2) is 24.3 Å². The molecule has 7 nitrogen and oxygen atoms in total. The lowest BCUT2D eigenvalue weighted by Crippen LogP contribution is -2.67. The van der Waals surface area contributed by atoms with Crippen LogP contribution in [0, 0.1) is 28.6 Å². The van der Waals surface area contributed by atoms with Crippen molar-refractivity contribution < 1.29 is 34.0 Å². The summed E-state index contributed by atoms with van der Waals surface area (Å²) in [5, 5.41) is 33.3. The molecule has 3 aliphatic carbocycles. The van der Waals surface area contributed by atoms with Crippen LogP contribution >= 0.6 is 0 Å². The van der Waals surface area contributed by atoms with Crippen LogP contribution in [0.25, 0.3) is 0 Å². The maximum absolute atomic E-state index is 16.9. The molecule has 3 N–H and O–H groups in total. The van der Waals surface area contributed by atoms with Crippen molar-refractivity contribution in [3.05, 3.63) is 24.3 Å². The summed E-state index contributed by atoms with van der Waals surface area (Å²) >= 11 is 0. The zero-order valence-electron chi connectivity index (χ0n) is 21.8. The average Bonchev–Trinajstić information content (AvgIpc) is 3.02. The molecule has 0 aliphatic heterocycles. The van der Waals surface area contributed by atoms with Gasteiger partial charge in [-0.05, 0) is 62.8 Å². The second-order valence-electron chi connectivity index (χ2n) is 11.2. The minimum Gasteiger partial charge on any atom is -0.390 e. The molecule has 0 radical (unpaired) electrons. The lowest BCUT2D eigenvalue weighted by molar-refractivity contribution is -0.211. The second kappa shape index (κ2) is 9.78. The van der Waals surface area contributed by atoms with E-state index >= 15 is 4.39 Å². The number of fused-ring (bicyclic) bond motifs is 1. The zero-order valence-corrected chi connectivity index (χ0v) is 21.8. The first-order valence-corrected chi connectivity index (χ1v) is 12.8. The standard InChI is InChI=1S/C27H42FNO6/c1-7-29(8-2)15-23(33)35-16-22(32)27(34)17(3)13-20-18(4)26(28,21(31)14-25(20,27)6)24(5)11-9-19(30)10-12-24/h9-12,17-18,20-21,23,31,33-34H,7-8,13-16H2,1-6H3/t17-,18?,20?,21+,23?,25+,26+,27+/m1/s1. The number of hydrogen-bond donors (Lipinski definition) is 3. The lowest BCUT2D eigenvalue weighted by Gasteiger charge is -2.58. The summed E-state index contributed by atoms with van der Waals surface area (Å²) in [7, 11) is 0. The fourth-order valence-electron chi connectivity index (χ4n) is 7.22. The number of allylic oxidation sites excluding steroid dienone is 4. The molecule has 2 fully saturated rings. The van der Waals surface area contributed by atoms with Gasteiger partial charge in [-0.3, -0.25) is 14.5 Å². The second-order valence-corrected chi connectivity index (χ2v) is 11.2. The number of hydrogen-bond acceptors (Lipinski definition) is 7. The van der Waals surface area contributed by atoms with E-state index in [4.69, 9.17) is 4.74 Å². The summed E-state index contributed by atoms with van der Waals surface area (Å²) in [6.45, 7) is 12.1. The van der Waals surface area contributed by atoms with Crippen LogP contribution in [0.4, 0.5) is 4.39 Å². The number of aliphatic hydroxyl groups excluding tert-OH is 2. The number of rotatable bonds is 9. The van der Waals surface area contributed by atoms with Gasteiger partial charge in [0.2, 0.25) is 0 Å². The van der Waals surface area contributed by atoms with E-state index in [1.807, 2.05) is 18.7 Å². The van der Waals surface area contributed by atoms with Crippen molar-refractivity contribution >= 4 is 11.6 Å². The van der Waals surface area contributed by atoms with E-state index < -0.39 is 64.6 Å². The normalized spacial score (nSPS) is 41.3. The van der Waals surface area contributed by atoms with E-state index in [0.29, 0.717) is 6.42 Å². The minimum atomic E-state index is -2.09. The third-order valence-electron chi connectivity index (χ3n) is 9.53. The molecule has 0 aromatic rings. The van der Waals surface area contributed by atoms with E-state index in [1.165, 1.54) is 24.3 Å². The SMILES string of the molecule is CCN(CC)CC(O)OCC(=O)[C@@]1(O)[C@H](C)CC2C(C)[C@@](F)(C3(C)C=CC(=O)C=C3)[C@@H](O)C[C@@]21C. The summed E-state index contributed by atoms with van der Waals surface area (Å²) in [4.78, 5) is 27.0. The molecule has 0 aromatic heterocycles. The summed E-state index contributed by atoms with van der Waals surface area (Å²) in [6.07, 6.45) is 3.33. The van der Waals surface area contributed by atoms with Gasteiger partial charge in [0.25, 0.3) is 0 Å². The van der Waals surface area contributed by atoms with E-state index in [2.05, 4.69) is 0 Å². The van der Waals surface area contributed by atoms with E-state index in [9.17, 15) is 24.9 Å². The van der Waals surface area contributed by atoms with Gasteiger partial charge in [0, 0.05) is 17.4 Å². The number of aliphatic hydroxyl groups is 3. The highest BCUT2D eigenvalue weighted by molar-refractivity contribution is 6.00. The number of halogens is 1. The predicted molar refractivity (Wildman–Crippen MR) is 130 cm³/mol. The molecule has 35 heavy (non-hydrogen) atoms. The third-order valence-corrected chi connectivity index (χ3v) is 9.53. The first-order chi connectivity index (χ1) is 16.2. The molecule has 0 aromatic carbocycles. The molecule has 3 rings (SSSR count). The van der Waals surface area contributed by atoms with Crippen molar-refractivity contribution in [3.63, 3.8) is 0 Å². The van der Waals surface area contributed by atoms with Gasteiger partial charge >= 0.3 is 0 Å². The molecular formula is C27H42FNO6. The highest BCUT2D eigenvalue weighted by atomic mass is 19.1. The van der Waals surface area contributed by atoms with Gasteiger partial charge in [-0.1, -0.05) is 46.8 Å². The average molecular weight is 496 g/mol. The molecule has 0 amide bonds. The Balaban J connectivity index is 1.85. The Bertz CT molecular complexity index is 871. The quantitative estimate of drug-likeness (QED) is 0.422. The molecular weight excluding hydrogens is 453 g/mol. The van der Waals surface area contributed by atoms with Crippen molar-refractivity contribution in [2.75, 3.05) is 26.2 Å². The lowest BCUT2D eigenvalue weighted by atomic mass is 9.49. The predicted octanol–water partition coefficient (Wildman–Crippen LogP) is 2.44. The maximum atomic E-state index is 16.9. The van der Waals surface area contributed by atoms with E-state index in [-0.39, 0.29) is 18.7 Å². The Morgan fingerprint density at radius 2 is 1.80 bits per heavy atom. The summed E-state index contributed by atoms with van der Waals surface area (Å²) in [5.74, 6) is -2.38. The van der Waals surface area contributed by atoms with Gasteiger partial charge in [0.1, 0.15) is 12.2 Å². The summed E-state index contributed by atoms with van der Waals surface area (Å²) < 4.78 is 22.3.